The normalized spacial score (nSPS) is 24.1. The van der Waals surface area contributed by atoms with Gasteiger partial charge in [-0.25, -0.2) is 18.7 Å². The third-order valence-corrected chi connectivity index (χ3v) is 9.40. The lowest BCUT2D eigenvalue weighted by atomic mass is 9.90. The number of methoxy groups -OCH3 is 1. The largest absolute Gasteiger partial charge is 0.453 e. The van der Waals surface area contributed by atoms with Crippen molar-refractivity contribution in [3.05, 3.63) is 59.3 Å². The van der Waals surface area contributed by atoms with E-state index in [0.717, 1.165) is 54.3 Å². The molecule has 12 heteroatoms. The summed E-state index contributed by atoms with van der Waals surface area (Å²) in [6.45, 7) is 13.8. The number of aromatic nitrogens is 3. The number of piperazine rings is 2. The third-order valence-electron chi connectivity index (χ3n) is 9.40. The fourth-order valence-corrected chi connectivity index (χ4v) is 7.10. The van der Waals surface area contributed by atoms with Crippen molar-refractivity contribution in [1.29, 1.82) is 0 Å². The van der Waals surface area contributed by atoms with Crippen molar-refractivity contribution in [2.24, 2.45) is 0 Å². The molecule has 0 radical (unpaired) electrons. The summed E-state index contributed by atoms with van der Waals surface area (Å²) in [7, 11) is 1.42. The highest BCUT2D eigenvalue weighted by Crippen LogP contribution is 2.42. The van der Waals surface area contributed by atoms with Crippen LogP contribution in [-0.4, -0.2) is 119 Å². The van der Waals surface area contributed by atoms with Gasteiger partial charge in [-0.15, -0.1) is 0 Å². The van der Waals surface area contributed by atoms with Crippen LogP contribution < -0.4 is 10.2 Å². The van der Waals surface area contributed by atoms with E-state index in [1.54, 1.807) is 23.4 Å². The Bertz CT molecular complexity index is 1530. The molecule has 0 saturated carbocycles. The Morgan fingerprint density at radius 3 is 2.61 bits per heavy atom. The number of pyridine rings is 1. The van der Waals surface area contributed by atoms with Crippen molar-refractivity contribution >= 4 is 23.3 Å². The number of carbonyl (C=O) groups is 2. The molecule has 3 aliphatic rings. The molecule has 1 N–H and O–H groups in total. The molecule has 3 atom stereocenters. The summed E-state index contributed by atoms with van der Waals surface area (Å²) in [4.78, 5) is 39.2. The van der Waals surface area contributed by atoms with Crippen LogP contribution in [-0.2, 0) is 21.4 Å². The van der Waals surface area contributed by atoms with E-state index in [1.165, 1.54) is 19.2 Å². The van der Waals surface area contributed by atoms with E-state index in [9.17, 15) is 14.0 Å². The van der Waals surface area contributed by atoms with Crippen LogP contribution in [0.15, 0.2) is 36.7 Å². The van der Waals surface area contributed by atoms with Crippen molar-refractivity contribution in [3.63, 3.8) is 0 Å². The number of rotatable bonds is 6. The second kappa shape index (κ2) is 12.1. The van der Waals surface area contributed by atoms with Gasteiger partial charge in [0.25, 0.3) is 0 Å². The molecule has 236 valence electrons. The molecule has 2 aromatic heterocycles. The number of amides is 2. The van der Waals surface area contributed by atoms with E-state index in [-0.39, 0.29) is 41.4 Å². The topological polar surface area (TPSA) is 98.5 Å². The molecular formula is C32H43FN8O3. The number of hydrogen-bond donors (Lipinski definition) is 1. The Morgan fingerprint density at radius 1 is 1.11 bits per heavy atom. The summed E-state index contributed by atoms with van der Waals surface area (Å²) in [5.74, 6) is -0.209. The summed E-state index contributed by atoms with van der Waals surface area (Å²) >= 11 is 0. The fourth-order valence-electron chi connectivity index (χ4n) is 7.10. The molecule has 2 amide bonds. The van der Waals surface area contributed by atoms with Crippen LogP contribution in [0, 0.1) is 5.82 Å². The molecule has 2 saturated heterocycles. The summed E-state index contributed by atoms with van der Waals surface area (Å²) in [5, 5.41) is 8.18. The summed E-state index contributed by atoms with van der Waals surface area (Å²) < 4.78 is 20.4. The van der Waals surface area contributed by atoms with Crippen LogP contribution in [0.5, 0.6) is 0 Å². The number of ether oxygens (including phenoxy) is 1. The average Bonchev–Trinajstić information content (AvgIpc) is 3.58. The van der Waals surface area contributed by atoms with Gasteiger partial charge >= 0.3 is 6.09 Å². The van der Waals surface area contributed by atoms with E-state index in [1.807, 2.05) is 9.42 Å². The van der Waals surface area contributed by atoms with Crippen molar-refractivity contribution in [2.75, 3.05) is 64.4 Å². The first-order chi connectivity index (χ1) is 21.0. The number of nitrogens with zero attached hydrogens (tertiary/aromatic N) is 7. The first-order valence-electron chi connectivity index (χ1n) is 15.5. The van der Waals surface area contributed by atoms with Gasteiger partial charge in [-0.2, -0.15) is 5.10 Å². The van der Waals surface area contributed by atoms with Crippen molar-refractivity contribution in [3.8, 4) is 0 Å². The molecule has 3 aliphatic heterocycles. The lowest BCUT2D eigenvalue weighted by Gasteiger charge is -2.45. The first kappa shape index (κ1) is 30.4. The van der Waals surface area contributed by atoms with Gasteiger partial charge in [0.2, 0.25) is 5.91 Å². The first-order valence-corrected chi connectivity index (χ1v) is 15.5. The molecule has 5 heterocycles. The zero-order valence-electron chi connectivity index (χ0n) is 26.3. The van der Waals surface area contributed by atoms with Gasteiger partial charge in [0.05, 0.1) is 25.0 Å². The lowest BCUT2D eigenvalue weighted by Crippen LogP contribution is -2.63. The minimum atomic E-state index is -0.323. The Hall–Kier alpha value is -3.61. The lowest BCUT2D eigenvalue weighted by molar-refractivity contribution is -0.121. The van der Waals surface area contributed by atoms with Gasteiger partial charge in [-0.3, -0.25) is 14.6 Å². The van der Waals surface area contributed by atoms with Gasteiger partial charge in [0.1, 0.15) is 12.1 Å². The molecule has 1 aromatic carbocycles. The predicted octanol–water partition coefficient (Wildman–Crippen LogP) is 2.52. The third kappa shape index (κ3) is 5.90. The molecule has 0 aliphatic carbocycles. The maximum absolute atomic E-state index is 14.2. The van der Waals surface area contributed by atoms with Crippen LogP contribution in [0.2, 0.25) is 0 Å². The summed E-state index contributed by atoms with van der Waals surface area (Å²) in [6, 6.07) is 9.19. The monoisotopic (exact) mass is 606 g/mol. The average molecular weight is 607 g/mol. The van der Waals surface area contributed by atoms with Gasteiger partial charge in [0, 0.05) is 81.3 Å². The maximum Gasteiger partial charge on any atom is 0.409 e. The smallest absolute Gasteiger partial charge is 0.409 e. The fraction of sp³-hybridized carbons (Fsp3) is 0.562. The van der Waals surface area contributed by atoms with E-state index in [0.29, 0.717) is 32.6 Å². The Labute approximate surface area is 257 Å². The van der Waals surface area contributed by atoms with Gasteiger partial charge < -0.3 is 19.9 Å². The molecule has 3 aromatic rings. The van der Waals surface area contributed by atoms with Crippen molar-refractivity contribution in [2.45, 2.75) is 57.7 Å². The highest BCUT2D eigenvalue weighted by atomic mass is 19.1. The Kier molecular flexibility index (Phi) is 8.33. The Morgan fingerprint density at radius 2 is 1.89 bits per heavy atom. The molecule has 44 heavy (non-hydrogen) atoms. The minimum Gasteiger partial charge on any atom is -0.453 e. The van der Waals surface area contributed by atoms with Crippen LogP contribution in [0.4, 0.5) is 14.9 Å². The van der Waals surface area contributed by atoms with Gasteiger partial charge in [-0.05, 0) is 37.6 Å². The number of anilines is 1. The van der Waals surface area contributed by atoms with E-state index in [4.69, 9.17) is 4.74 Å². The maximum atomic E-state index is 14.2. The molecule has 6 rings (SSSR count). The number of halogens is 1. The number of nitrogens with one attached hydrogen (secondary N) is 1. The number of benzene rings is 1. The van der Waals surface area contributed by atoms with Crippen molar-refractivity contribution < 1.29 is 18.7 Å². The van der Waals surface area contributed by atoms with Gasteiger partial charge in [0.15, 0.2) is 5.65 Å². The number of hydrogen-bond acceptors (Lipinski definition) is 8. The van der Waals surface area contributed by atoms with E-state index in [2.05, 4.69) is 59.0 Å². The summed E-state index contributed by atoms with van der Waals surface area (Å²) in [5.41, 5.74) is 4.18. The highest BCUT2D eigenvalue weighted by molar-refractivity contribution is 5.97. The zero-order chi connectivity index (χ0) is 31.2. The Balaban J connectivity index is 1.23. The standard InChI is InChI=1S/C32H43FN8O3/c1-21-15-39(26(14-34-21)17-37-10-11-38(16-22(37)2)31(43)44-5)18-28(42)40-19-32(3,4)29-27(40)13-24(30-35-20-36-41(29)30)12-23-6-8-25(33)9-7-23/h6-9,13,20-22,26,34H,10-12,14-19H2,1-5H3/t21-,22-,26+/m1/s1. The van der Waals surface area contributed by atoms with Crippen LogP contribution >= 0.6 is 0 Å². The zero-order valence-corrected chi connectivity index (χ0v) is 26.3. The molecule has 0 unspecified atom stereocenters. The van der Waals surface area contributed by atoms with Crippen LogP contribution in [0.25, 0.3) is 5.65 Å². The van der Waals surface area contributed by atoms with Crippen LogP contribution in [0.3, 0.4) is 0 Å². The SMILES string of the molecule is COC(=O)N1CCN(C[C@@H]2CN[C@H](C)CN2CC(=O)N2CC(C)(C)c3c2cc(Cc2ccc(F)cc2)c2ncnn32)[C@H](C)C1. The minimum absolute atomic E-state index is 0.0617. The molecule has 0 bridgehead atoms. The second-order valence-corrected chi connectivity index (χ2v) is 13.2. The molecule has 0 spiro atoms. The van der Waals surface area contributed by atoms with Gasteiger partial charge in [-0.1, -0.05) is 26.0 Å². The quantitative estimate of drug-likeness (QED) is 0.457. The highest BCUT2D eigenvalue weighted by Gasteiger charge is 2.42. The van der Waals surface area contributed by atoms with E-state index >= 15 is 0 Å². The molecule has 2 fully saturated rings. The molecule has 11 nitrogen and oxygen atoms in total. The predicted molar refractivity (Wildman–Crippen MR) is 165 cm³/mol. The summed E-state index contributed by atoms with van der Waals surface area (Å²) in [6.07, 6.45) is 1.83. The van der Waals surface area contributed by atoms with Crippen molar-refractivity contribution in [1.82, 2.24) is 34.6 Å². The van der Waals surface area contributed by atoms with E-state index < -0.39 is 0 Å². The number of carbonyl (C=O) groups excluding carboxylic acids is 2. The van der Waals surface area contributed by atoms with Crippen LogP contribution in [0.1, 0.15) is 44.5 Å². The number of fused-ring (bicyclic) bond motifs is 3. The molecular weight excluding hydrogens is 563 g/mol. The second-order valence-electron chi connectivity index (χ2n) is 13.2.